The second-order valence-corrected chi connectivity index (χ2v) is 7.03. The average Bonchev–Trinajstić information content (AvgIpc) is 2.60. The van der Waals surface area contributed by atoms with Crippen LogP contribution in [0.2, 0.25) is 0 Å². The largest absolute Gasteiger partial charge is 0.393 e. The van der Waals surface area contributed by atoms with Crippen LogP contribution in [0.4, 0.5) is 10.1 Å². The Morgan fingerprint density at radius 1 is 1.32 bits per heavy atom. The molecule has 136 valence electrons. The number of likely N-dealkylation sites (tertiary alicyclic amines) is 1. The van der Waals surface area contributed by atoms with Crippen LogP contribution in [-0.4, -0.2) is 47.6 Å². The van der Waals surface area contributed by atoms with Gasteiger partial charge in [0.2, 0.25) is 11.8 Å². The number of anilines is 1. The Kier molecular flexibility index (Phi) is 5.37. The second kappa shape index (κ2) is 7.52. The highest BCUT2D eigenvalue weighted by Gasteiger charge is 2.28. The van der Waals surface area contributed by atoms with Crippen LogP contribution in [0.5, 0.6) is 0 Å². The first kappa shape index (κ1) is 17.9. The molecule has 2 heterocycles. The quantitative estimate of drug-likeness (QED) is 0.907. The summed E-state index contributed by atoms with van der Waals surface area (Å²) in [6.45, 7) is 3.44. The second-order valence-electron chi connectivity index (χ2n) is 7.03. The lowest BCUT2D eigenvalue weighted by molar-refractivity contribution is -0.133. The molecule has 6 heteroatoms. The summed E-state index contributed by atoms with van der Waals surface area (Å²) < 4.78 is 13.4. The lowest BCUT2D eigenvalue weighted by Gasteiger charge is -2.34. The van der Waals surface area contributed by atoms with Gasteiger partial charge in [-0.3, -0.25) is 9.59 Å². The molecule has 1 aromatic carbocycles. The number of aliphatic hydroxyl groups is 1. The van der Waals surface area contributed by atoms with E-state index in [-0.39, 0.29) is 36.1 Å². The van der Waals surface area contributed by atoms with Crippen molar-refractivity contribution in [1.29, 1.82) is 0 Å². The summed E-state index contributed by atoms with van der Waals surface area (Å²) >= 11 is 0. The molecule has 2 amide bonds. The van der Waals surface area contributed by atoms with E-state index in [0.717, 1.165) is 24.1 Å². The zero-order valence-electron chi connectivity index (χ0n) is 14.6. The molecule has 3 rings (SSSR count). The highest BCUT2D eigenvalue weighted by Crippen LogP contribution is 2.29. The summed E-state index contributed by atoms with van der Waals surface area (Å²) in [5.74, 6) is -0.0228. The monoisotopic (exact) mass is 348 g/mol. The first-order valence-electron chi connectivity index (χ1n) is 9.00. The zero-order chi connectivity index (χ0) is 18.0. The van der Waals surface area contributed by atoms with Crippen molar-refractivity contribution < 1.29 is 19.1 Å². The van der Waals surface area contributed by atoms with Gasteiger partial charge in [0.1, 0.15) is 5.82 Å². The molecule has 0 aliphatic carbocycles. The number of hydrogen-bond donors (Lipinski definition) is 1. The number of benzene rings is 1. The molecule has 1 fully saturated rings. The normalized spacial score (nSPS) is 19.7. The van der Waals surface area contributed by atoms with Crippen LogP contribution in [0.25, 0.3) is 0 Å². The zero-order valence-corrected chi connectivity index (χ0v) is 14.6. The third-order valence-electron chi connectivity index (χ3n) is 5.37. The molecule has 0 radical (unpaired) electrons. The van der Waals surface area contributed by atoms with E-state index in [0.29, 0.717) is 32.5 Å². The minimum atomic E-state index is -0.333. The molecular formula is C19H25FN2O3. The molecular weight excluding hydrogens is 323 g/mol. The number of rotatable bonds is 4. The molecule has 0 aromatic heterocycles. The van der Waals surface area contributed by atoms with Gasteiger partial charge in [-0.2, -0.15) is 0 Å². The summed E-state index contributed by atoms with van der Waals surface area (Å²) in [5.41, 5.74) is 1.54. The Bertz CT molecular complexity index is 654. The van der Waals surface area contributed by atoms with E-state index in [9.17, 15) is 19.1 Å². The third kappa shape index (κ3) is 4.00. The maximum atomic E-state index is 13.4. The molecule has 2 aliphatic heterocycles. The Balaban J connectivity index is 1.58. The van der Waals surface area contributed by atoms with Crippen LogP contribution >= 0.6 is 0 Å². The Morgan fingerprint density at radius 2 is 2.04 bits per heavy atom. The maximum absolute atomic E-state index is 13.4. The molecule has 0 spiro atoms. The van der Waals surface area contributed by atoms with Gasteiger partial charge in [0.15, 0.2) is 0 Å². The van der Waals surface area contributed by atoms with Crippen molar-refractivity contribution in [1.82, 2.24) is 4.90 Å². The van der Waals surface area contributed by atoms with E-state index < -0.39 is 0 Å². The number of carbonyl (C=O) groups is 2. The number of piperidine rings is 1. The van der Waals surface area contributed by atoms with Gasteiger partial charge in [0.25, 0.3) is 0 Å². The SMILES string of the molecule is CC(O)C1CCN(C(=O)CCN2C(=O)CCc3cc(F)ccc32)CC1. The Hall–Kier alpha value is -1.95. The summed E-state index contributed by atoms with van der Waals surface area (Å²) in [5, 5.41) is 9.64. The van der Waals surface area contributed by atoms with Crippen molar-refractivity contribution in [3.8, 4) is 0 Å². The van der Waals surface area contributed by atoms with Gasteiger partial charge in [0, 0.05) is 38.2 Å². The lowest BCUT2D eigenvalue weighted by atomic mass is 9.92. The van der Waals surface area contributed by atoms with Gasteiger partial charge in [-0.1, -0.05) is 0 Å². The van der Waals surface area contributed by atoms with E-state index in [1.54, 1.807) is 17.9 Å². The van der Waals surface area contributed by atoms with Crippen molar-refractivity contribution in [2.24, 2.45) is 5.92 Å². The van der Waals surface area contributed by atoms with Gasteiger partial charge in [-0.05, 0) is 55.9 Å². The van der Waals surface area contributed by atoms with Crippen LogP contribution in [0.1, 0.15) is 38.2 Å². The third-order valence-corrected chi connectivity index (χ3v) is 5.37. The first-order chi connectivity index (χ1) is 12.0. The van der Waals surface area contributed by atoms with E-state index in [1.165, 1.54) is 12.1 Å². The minimum Gasteiger partial charge on any atom is -0.393 e. The number of fused-ring (bicyclic) bond motifs is 1. The predicted octanol–water partition coefficient (Wildman–Crippen LogP) is 2.11. The topological polar surface area (TPSA) is 60.9 Å². The summed E-state index contributed by atoms with van der Waals surface area (Å²) in [6, 6.07) is 4.45. The molecule has 0 bridgehead atoms. The van der Waals surface area contributed by atoms with E-state index in [1.807, 2.05) is 4.90 Å². The van der Waals surface area contributed by atoms with Crippen molar-refractivity contribution in [3.05, 3.63) is 29.6 Å². The summed E-state index contributed by atoms with van der Waals surface area (Å²) in [7, 11) is 0. The van der Waals surface area contributed by atoms with Crippen LogP contribution in [0.3, 0.4) is 0 Å². The number of nitrogens with zero attached hydrogens (tertiary/aromatic N) is 2. The van der Waals surface area contributed by atoms with Gasteiger partial charge >= 0.3 is 0 Å². The molecule has 0 saturated carbocycles. The number of aliphatic hydroxyl groups excluding tert-OH is 1. The standard InChI is InChI=1S/C19H25FN2O3/c1-13(23)14-6-9-21(10-7-14)18(24)8-11-22-17-4-3-16(20)12-15(17)2-5-19(22)25/h3-4,12-14,23H,2,5-11H2,1H3. The van der Waals surface area contributed by atoms with Crippen LogP contribution in [0, 0.1) is 11.7 Å². The molecule has 1 saturated heterocycles. The lowest BCUT2D eigenvalue weighted by Crippen LogP contribution is -2.43. The van der Waals surface area contributed by atoms with Crippen LogP contribution < -0.4 is 4.90 Å². The van der Waals surface area contributed by atoms with Gasteiger partial charge in [-0.15, -0.1) is 0 Å². The molecule has 1 aromatic rings. The smallest absolute Gasteiger partial charge is 0.227 e. The van der Waals surface area contributed by atoms with E-state index in [2.05, 4.69) is 0 Å². The van der Waals surface area contributed by atoms with Gasteiger partial charge < -0.3 is 14.9 Å². The number of aryl methyl sites for hydroxylation is 1. The molecule has 1 atom stereocenters. The number of hydrogen-bond acceptors (Lipinski definition) is 3. The highest BCUT2D eigenvalue weighted by atomic mass is 19.1. The first-order valence-corrected chi connectivity index (χ1v) is 9.00. The van der Waals surface area contributed by atoms with Gasteiger partial charge in [-0.25, -0.2) is 4.39 Å². The van der Waals surface area contributed by atoms with Crippen LogP contribution in [0.15, 0.2) is 18.2 Å². The molecule has 25 heavy (non-hydrogen) atoms. The molecule has 5 nitrogen and oxygen atoms in total. The van der Waals surface area contributed by atoms with Crippen molar-refractivity contribution >= 4 is 17.5 Å². The Labute approximate surface area is 147 Å². The maximum Gasteiger partial charge on any atom is 0.227 e. The van der Waals surface area contributed by atoms with Crippen LogP contribution in [-0.2, 0) is 16.0 Å². The van der Waals surface area contributed by atoms with Crippen molar-refractivity contribution in [2.75, 3.05) is 24.5 Å². The number of halogens is 1. The summed E-state index contributed by atoms with van der Waals surface area (Å²) in [6.07, 6.45) is 2.46. The molecule has 2 aliphatic rings. The van der Waals surface area contributed by atoms with Gasteiger partial charge in [0.05, 0.1) is 6.10 Å². The fourth-order valence-electron chi connectivity index (χ4n) is 3.77. The fourth-order valence-corrected chi connectivity index (χ4v) is 3.77. The molecule has 1 unspecified atom stereocenters. The van der Waals surface area contributed by atoms with Crippen molar-refractivity contribution in [2.45, 2.75) is 45.1 Å². The molecule has 1 N–H and O–H groups in total. The highest BCUT2D eigenvalue weighted by molar-refractivity contribution is 5.97. The number of carbonyl (C=O) groups excluding carboxylic acids is 2. The van der Waals surface area contributed by atoms with E-state index >= 15 is 0 Å². The van der Waals surface area contributed by atoms with Crippen molar-refractivity contribution in [3.63, 3.8) is 0 Å². The predicted molar refractivity (Wildman–Crippen MR) is 92.7 cm³/mol. The minimum absolute atomic E-state index is 0.0141. The number of amides is 2. The van der Waals surface area contributed by atoms with E-state index in [4.69, 9.17) is 0 Å². The fraction of sp³-hybridized carbons (Fsp3) is 0.579. The Morgan fingerprint density at radius 3 is 2.72 bits per heavy atom. The summed E-state index contributed by atoms with van der Waals surface area (Å²) in [4.78, 5) is 28.1. The average molecular weight is 348 g/mol.